The lowest BCUT2D eigenvalue weighted by atomic mass is 9.82. The molecule has 2 fully saturated rings. The molecule has 2 heterocycles. The molecule has 160 valence electrons. The molecule has 1 aromatic carbocycles. The van der Waals surface area contributed by atoms with Crippen LogP contribution in [0.1, 0.15) is 53.4 Å². The van der Waals surface area contributed by atoms with Crippen LogP contribution in [-0.4, -0.2) is 32.9 Å². The molecular weight excluding hydrogens is 527 g/mol. The molecule has 5 rings (SSSR count). The lowest BCUT2D eigenvalue weighted by Gasteiger charge is -2.26. The minimum absolute atomic E-state index is 0.00862. The lowest BCUT2D eigenvalue weighted by molar-refractivity contribution is 0.103. The number of hydrogen-bond acceptors (Lipinski definition) is 5. The summed E-state index contributed by atoms with van der Waals surface area (Å²) >= 11 is 3.59. The number of hydrogen-bond donors (Lipinski definition) is 3. The largest absolute Gasteiger partial charge is 0.507 e. The van der Waals surface area contributed by atoms with Crippen LogP contribution in [-0.2, 0) is 0 Å². The summed E-state index contributed by atoms with van der Waals surface area (Å²) < 4.78 is 2.38. The van der Waals surface area contributed by atoms with E-state index in [4.69, 9.17) is 0 Å². The van der Waals surface area contributed by atoms with Gasteiger partial charge in [0.15, 0.2) is 0 Å². The maximum absolute atomic E-state index is 12.8. The van der Waals surface area contributed by atoms with E-state index < -0.39 is 0 Å². The minimum Gasteiger partial charge on any atom is -0.507 e. The predicted molar refractivity (Wildman–Crippen MR) is 128 cm³/mol. The summed E-state index contributed by atoms with van der Waals surface area (Å²) in [7, 11) is 0. The van der Waals surface area contributed by atoms with E-state index in [1.165, 1.54) is 22.1 Å². The second-order valence-corrected chi connectivity index (χ2v) is 10.0. The fraction of sp³-hybridized carbons (Fsp3) is 0.318. The van der Waals surface area contributed by atoms with Gasteiger partial charge in [0, 0.05) is 29.3 Å². The maximum Gasteiger partial charge on any atom is 0.342 e. The molecule has 2 saturated carbocycles. The SMILES string of the molecule is O=C(Nc1ccc(-c2nn(C(=O)NC3CC3)c(C3CCC3)c2I)c(O)c1)c1cccs1. The van der Waals surface area contributed by atoms with Gasteiger partial charge < -0.3 is 15.7 Å². The molecule has 0 radical (unpaired) electrons. The molecule has 31 heavy (non-hydrogen) atoms. The highest BCUT2D eigenvalue weighted by molar-refractivity contribution is 14.1. The molecule has 3 N–H and O–H groups in total. The first-order chi connectivity index (χ1) is 15.0. The first-order valence-corrected chi connectivity index (χ1v) is 12.2. The Labute approximate surface area is 197 Å². The summed E-state index contributed by atoms with van der Waals surface area (Å²) in [6, 6.07) is 8.60. The molecular formula is C22H21IN4O3S. The van der Waals surface area contributed by atoms with Gasteiger partial charge in [0.25, 0.3) is 5.91 Å². The highest BCUT2D eigenvalue weighted by Crippen LogP contribution is 2.43. The molecule has 0 saturated heterocycles. The number of amides is 2. The van der Waals surface area contributed by atoms with Gasteiger partial charge in [-0.3, -0.25) is 4.79 Å². The zero-order valence-corrected chi connectivity index (χ0v) is 19.6. The van der Waals surface area contributed by atoms with Crippen LogP contribution in [0.25, 0.3) is 11.3 Å². The number of anilines is 1. The third kappa shape index (κ3) is 4.08. The molecule has 0 aliphatic heterocycles. The summed E-state index contributed by atoms with van der Waals surface area (Å²) in [5, 5.41) is 23.0. The summed E-state index contributed by atoms with van der Waals surface area (Å²) in [5.41, 5.74) is 2.55. The number of thiophene rings is 1. The van der Waals surface area contributed by atoms with Gasteiger partial charge in [-0.15, -0.1) is 11.3 Å². The number of carbonyl (C=O) groups excluding carboxylic acids is 2. The zero-order valence-electron chi connectivity index (χ0n) is 16.6. The van der Waals surface area contributed by atoms with Crippen molar-refractivity contribution in [3.63, 3.8) is 0 Å². The second-order valence-electron chi connectivity index (χ2n) is 7.97. The quantitative estimate of drug-likeness (QED) is 0.384. The van der Waals surface area contributed by atoms with E-state index in [1.54, 1.807) is 18.2 Å². The van der Waals surface area contributed by atoms with Crippen LogP contribution in [0.15, 0.2) is 35.7 Å². The average Bonchev–Trinajstić information content (AvgIpc) is 3.22. The van der Waals surface area contributed by atoms with Gasteiger partial charge in [0.05, 0.1) is 14.1 Å². The highest BCUT2D eigenvalue weighted by Gasteiger charge is 2.33. The third-order valence-corrected chi connectivity index (χ3v) is 7.64. The van der Waals surface area contributed by atoms with Crippen molar-refractivity contribution in [1.82, 2.24) is 15.1 Å². The topological polar surface area (TPSA) is 96.2 Å². The van der Waals surface area contributed by atoms with E-state index in [-0.39, 0.29) is 23.7 Å². The Kier molecular flexibility index (Phi) is 5.47. The standard InChI is InChI=1S/C22H21IN4O3S/c23-18-19(26-27(20(18)12-3-1-4-12)22(30)25-13-6-7-13)15-9-8-14(11-16(15)28)24-21(29)17-5-2-10-31-17/h2,5,8-13,28H,1,3-4,6-7H2,(H,24,29)(H,25,30). The number of halogens is 1. The maximum atomic E-state index is 12.8. The molecule has 3 aromatic rings. The number of aromatic hydroxyl groups is 1. The Bertz CT molecular complexity index is 1150. The molecule has 7 nitrogen and oxygen atoms in total. The third-order valence-electron chi connectivity index (χ3n) is 5.71. The Balaban J connectivity index is 1.45. The summed E-state index contributed by atoms with van der Waals surface area (Å²) in [6.45, 7) is 0. The van der Waals surface area contributed by atoms with Gasteiger partial charge in [0.1, 0.15) is 11.4 Å². The lowest BCUT2D eigenvalue weighted by Crippen LogP contribution is -2.33. The molecule has 9 heteroatoms. The number of phenolic OH excluding ortho intramolecular Hbond substituents is 1. The summed E-state index contributed by atoms with van der Waals surface area (Å²) in [4.78, 5) is 25.7. The van der Waals surface area contributed by atoms with E-state index in [1.807, 2.05) is 11.4 Å². The van der Waals surface area contributed by atoms with Gasteiger partial charge in [-0.1, -0.05) is 12.5 Å². The first kappa shape index (κ1) is 20.5. The molecule has 2 amide bonds. The molecule has 0 spiro atoms. The highest BCUT2D eigenvalue weighted by atomic mass is 127. The van der Waals surface area contributed by atoms with Crippen molar-refractivity contribution in [2.24, 2.45) is 0 Å². The molecule has 0 unspecified atom stereocenters. The Morgan fingerprint density at radius 1 is 1.19 bits per heavy atom. The van der Waals surface area contributed by atoms with Crippen LogP contribution in [0, 0.1) is 3.57 Å². The van der Waals surface area contributed by atoms with Gasteiger partial charge in [-0.05, 0) is 71.9 Å². The smallest absolute Gasteiger partial charge is 0.342 e. The van der Waals surface area contributed by atoms with E-state index >= 15 is 0 Å². The molecule has 0 atom stereocenters. The van der Waals surface area contributed by atoms with E-state index in [0.717, 1.165) is 41.4 Å². The monoisotopic (exact) mass is 548 g/mol. The van der Waals surface area contributed by atoms with Gasteiger partial charge >= 0.3 is 6.03 Å². The molecule has 2 aliphatic carbocycles. The van der Waals surface area contributed by atoms with Crippen LogP contribution < -0.4 is 10.6 Å². The minimum atomic E-state index is -0.218. The van der Waals surface area contributed by atoms with Crippen molar-refractivity contribution < 1.29 is 14.7 Å². The van der Waals surface area contributed by atoms with E-state index in [2.05, 4.69) is 38.3 Å². The molecule has 2 aromatic heterocycles. The van der Waals surface area contributed by atoms with Crippen molar-refractivity contribution in [3.05, 3.63) is 49.9 Å². The average molecular weight is 548 g/mol. The van der Waals surface area contributed by atoms with Gasteiger partial charge in [-0.2, -0.15) is 9.78 Å². The van der Waals surface area contributed by atoms with E-state index in [0.29, 0.717) is 27.7 Å². The van der Waals surface area contributed by atoms with Gasteiger partial charge in [0.2, 0.25) is 0 Å². The fourth-order valence-corrected chi connectivity index (χ4v) is 5.33. The van der Waals surface area contributed by atoms with Crippen molar-refractivity contribution in [3.8, 4) is 17.0 Å². The van der Waals surface area contributed by atoms with Crippen molar-refractivity contribution >= 4 is 51.6 Å². The number of rotatable bonds is 5. The number of nitrogens with zero attached hydrogens (tertiary/aromatic N) is 2. The summed E-state index contributed by atoms with van der Waals surface area (Å²) in [5.74, 6) is 0.101. The van der Waals surface area contributed by atoms with Crippen LogP contribution >= 0.6 is 33.9 Å². The Morgan fingerprint density at radius 2 is 2.00 bits per heavy atom. The number of phenols is 1. The van der Waals surface area contributed by atoms with Crippen LogP contribution in [0.4, 0.5) is 10.5 Å². The van der Waals surface area contributed by atoms with E-state index in [9.17, 15) is 14.7 Å². The van der Waals surface area contributed by atoms with Crippen molar-refractivity contribution in [2.45, 2.75) is 44.1 Å². The fourth-order valence-electron chi connectivity index (χ4n) is 3.65. The second kappa shape index (κ2) is 8.27. The molecule has 2 aliphatic rings. The normalized spacial score (nSPS) is 16.0. The predicted octanol–water partition coefficient (Wildman–Crippen LogP) is 5.16. The van der Waals surface area contributed by atoms with Crippen molar-refractivity contribution in [2.75, 3.05) is 5.32 Å². The Morgan fingerprint density at radius 3 is 2.61 bits per heavy atom. The van der Waals surface area contributed by atoms with Crippen LogP contribution in [0.5, 0.6) is 5.75 Å². The first-order valence-electron chi connectivity index (χ1n) is 10.3. The summed E-state index contributed by atoms with van der Waals surface area (Å²) in [6.07, 6.45) is 5.24. The number of nitrogens with one attached hydrogen (secondary N) is 2. The van der Waals surface area contributed by atoms with Crippen LogP contribution in [0.3, 0.4) is 0 Å². The number of carbonyl (C=O) groups is 2. The number of aromatic nitrogens is 2. The van der Waals surface area contributed by atoms with Crippen LogP contribution in [0.2, 0.25) is 0 Å². The van der Waals surface area contributed by atoms with Crippen molar-refractivity contribution in [1.29, 1.82) is 0 Å². The van der Waals surface area contributed by atoms with Gasteiger partial charge in [-0.25, -0.2) is 4.79 Å². The zero-order chi connectivity index (χ0) is 21.5. The molecule has 0 bridgehead atoms. The number of benzene rings is 1. The Hall–Kier alpha value is -2.40.